The maximum atomic E-state index is 14.4. The van der Waals surface area contributed by atoms with Gasteiger partial charge < -0.3 is 24.4 Å². The molecule has 2 aliphatic heterocycles. The third-order valence-electron chi connectivity index (χ3n) is 11.4. The molecule has 2 aromatic rings. The monoisotopic (exact) mass is 724 g/mol. The van der Waals surface area contributed by atoms with Crippen LogP contribution in [0.3, 0.4) is 0 Å². The summed E-state index contributed by atoms with van der Waals surface area (Å²) < 4.78 is 39.2. The molecule has 8 atom stereocenters. The Morgan fingerprint density at radius 1 is 1.20 bits per heavy atom. The fraction of sp³-hybridized carbons (Fsp3) is 0.579. The second kappa shape index (κ2) is 14.5. The van der Waals surface area contributed by atoms with Gasteiger partial charge in [-0.05, 0) is 104 Å². The number of rotatable bonds is 5. The molecule has 2 heterocycles. The first kappa shape index (κ1) is 35.3. The van der Waals surface area contributed by atoms with E-state index < -0.39 is 21.9 Å². The van der Waals surface area contributed by atoms with Gasteiger partial charge in [0.2, 0.25) is 0 Å². The molecule has 7 rings (SSSR count). The molecule has 2 saturated carbocycles. The van der Waals surface area contributed by atoms with Gasteiger partial charge >= 0.3 is 6.03 Å². The smallest absolute Gasteiger partial charge is 0.327 e. The minimum atomic E-state index is -3.48. The summed E-state index contributed by atoms with van der Waals surface area (Å²) in [6, 6.07) is 10.9. The van der Waals surface area contributed by atoms with Gasteiger partial charge in [-0.3, -0.25) is 9.52 Å². The predicted molar refractivity (Wildman–Crippen MR) is 195 cm³/mol. The summed E-state index contributed by atoms with van der Waals surface area (Å²) in [5.41, 5.74) is 3.43. The van der Waals surface area contributed by atoms with E-state index >= 15 is 0 Å². The SMILES string of the molecule is COC[C@H]1C[C@H]1NC(=O)NS1(=O)=NC(=O)c2ccc3c(c2)N(C[C@@H]2CC[C@H]2[C@@H](OC)/C=C/C[C@H](C)C1)C[C@@]1(CCCc2cc(Cl)ccc21)CO3. The zero-order valence-corrected chi connectivity index (χ0v) is 30.8. The summed E-state index contributed by atoms with van der Waals surface area (Å²) in [5, 5.41) is 3.62. The number of aryl methyl sites for hydroxylation is 1. The standard InChI is InChI=1S/C38H49ClN4O6S/c1-24-6-4-8-34(48-3)30-12-9-27(30)19-43-22-38(15-5-7-25-16-29(39)11-13-31(25)38)23-49-35-14-10-26(18-33(35)43)36(44)41-50(46,21-24)42-37(45)40-32-17-28(32)20-47-2/h4,8,10-11,13-14,16,18,24,27-28,30,32,34H,5-7,9,12,15,17,19-23H2,1-3H3,(H2,40,41,42,44,45,46)/b8-4+/t24-,27-,28+,30+,32+,34-,38-,50?/m0/s1. The van der Waals surface area contributed by atoms with Crippen LogP contribution in [-0.4, -0.2) is 74.6 Å². The molecular formula is C38H49ClN4O6S. The molecule has 2 fully saturated rings. The van der Waals surface area contributed by atoms with E-state index in [-0.39, 0.29) is 35.1 Å². The van der Waals surface area contributed by atoms with Crippen molar-refractivity contribution in [1.82, 2.24) is 10.0 Å². The quantitative estimate of drug-likeness (QED) is 0.347. The van der Waals surface area contributed by atoms with Gasteiger partial charge in [0.1, 0.15) is 15.7 Å². The highest BCUT2D eigenvalue weighted by Gasteiger charge is 2.44. The van der Waals surface area contributed by atoms with Gasteiger partial charge in [0.05, 0.1) is 30.8 Å². The average molecular weight is 725 g/mol. The molecular weight excluding hydrogens is 676 g/mol. The molecule has 2 N–H and O–H groups in total. The number of benzene rings is 2. The third kappa shape index (κ3) is 7.43. The number of allylic oxidation sites excluding steroid dienone is 1. The van der Waals surface area contributed by atoms with Crippen molar-refractivity contribution in [2.24, 2.45) is 28.0 Å². The summed E-state index contributed by atoms with van der Waals surface area (Å²) in [4.78, 5) is 29.4. The van der Waals surface area contributed by atoms with E-state index in [9.17, 15) is 13.8 Å². The summed E-state index contributed by atoms with van der Waals surface area (Å²) >= 11 is 6.45. The lowest BCUT2D eigenvalue weighted by molar-refractivity contribution is 0.0131. The van der Waals surface area contributed by atoms with E-state index in [1.807, 2.05) is 25.1 Å². The van der Waals surface area contributed by atoms with Gasteiger partial charge in [-0.25, -0.2) is 9.00 Å². The Hall–Kier alpha value is -3.12. The molecule has 270 valence electrons. The number of ether oxygens (including phenoxy) is 3. The van der Waals surface area contributed by atoms with Crippen molar-refractivity contribution in [3.05, 3.63) is 70.3 Å². The Labute approximate surface area is 300 Å². The minimum Gasteiger partial charge on any atom is -0.490 e. The van der Waals surface area contributed by atoms with Crippen molar-refractivity contribution in [3.8, 4) is 5.75 Å². The second-order valence-corrected chi connectivity index (χ2v) is 17.5. The lowest BCUT2D eigenvalue weighted by Crippen LogP contribution is -2.49. The van der Waals surface area contributed by atoms with Crippen molar-refractivity contribution < 1.29 is 28.0 Å². The van der Waals surface area contributed by atoms with Crippen molar-refractivity contribution >= 4 is 39.1 Å². The van der Waals surface area contributed by atoms with Crippen LogP contribution in [0.25, 0.3) is 0 Å². The van der Waals surface area contributed by atoms with Crippen molar-refractivity contribution in [2.75, 3.05) is 51.2 Å². The first-order valence-corrected chi connectivity index (χ1v) is 20.0. The van der Waals surface area contributed by atoms with E-state index in [0.29, 0.717) is 42.8 Å². The number of anilines is 1. The van der Waals surface area contributed by atoms with Gasteiger partial charge in [0.25, 0.3) is 5.91 Å². The summed E-state index contributed by atoms with van der Waals surface area (Å²) in [6.45, 7) is 4.52. The molecule has 2 aromatic carbocycles. The molecule has 10 nitrogen and oxygen atoms in total. The number of hydrogen-bond donors (Lipinski definition) is 2. The summed E-state index contributed by atoms with van der Waals surface area (Å²) in [7, 11) is -0.0843. The minimum absolute atomic E-state index is 0.0263. The summed E-state index contributed by atoms with van der Waals surface area (Å²) in [5.74, 6) is 0.941. The topological polar surface area (TPSA) is 119 Å². The van der Waals surface area contributed by atoms with Crippen LogP contribution in [0, 0.1) is 23.7 Å². The van der Waals surface area contributed by atoms with Gasteiger partial charge in [0.15, 0.2) is 0 Å². The number of nitrogens with one attached hydrogen (secondary N) is 2. The van der Waals surface area contributed by atoms with E-state index in [1.54, 1.807) is 20.3 Å². The summed E-state index contributed by atoms with van der Waals surface area (Å²) in [6.07, 6.45) is 10.7. The number of urea groups is 1. The number of hydrogen-bond acceptors (Lipinski definition) is 7. The first-order valence-electron chi connectivity index (χ1n) is 17.9. The van der Waals surface area contributed by atoms with Crippen LogP contribution in [0.5, 0.6) is 5.75 Å². The van der Waals surface area contributed by atoms with Crippen LogP contribution in [0.1, 0.15) is 66.9 Å². The Morgan fingerprint density at radius 2 is 2.06 bits per heavy atom. The molecule has 0 saturated heterocycles. The highest BCUT2D eigenvalue weighted by atomic mass is 35.5. The normalized spacial score (nSPS) is 34.2. The van der Waals surface area contributed by atoms with Crippen molar-refractivity contribution in [2.45, 2.75) is 69.4 Å². The molecule has 2 bridgehead atoms. The number of carbonyl (C=O) groups excluding carboxylic acids is 2. The lowest BCUT2D eigenvalue weighted by atomic mass is 9.68. The fourth-order valence-corrected chi connectivity index (χ4v) is 10.6. The first-order chi connectivity index (χ1) is 24.1. The third-order valence-corrected chi connectivity index (χ3v) is 13.6. The number of nitrogens with zero attached hydrogens (tertiary/aromatic N) is 2. The van der Waals surface area contributed by atoms with Crippen LogP contribution in [0.2, 0.25) is 5.02 Å². The maximum Gasteiger partial charge on any atom is 0.327 e. The van der Waals surface area contributed by atoms with Crippen molar-refractivity contribution in [1.29, 1.82) is 0 Å². The number of halogens is 1. The number of amides is 3. The van der Waals surface area contributed by atoms with Gasteiger partial charge in [-0.15, -0.1) is 4.36 Å². The van der Waals surface area contributed by atoms with E-state index in [2.05, 4.69) is 43.6 Å². The highest BCUT2D eigenvalue weighted by Crippen LogP contribution is 2.47. The van der Waals surface area contributed by atoms with Crippen LogP contribution in [0.4, 0.5) is 10.5 Å². The molecule has 5 aliphatic rings. The molecule has 1 unspecified atom stereocenters. The Kier molecular flexibility index (Phi) is 10.2. The highest BCUT2D eigenvalue weighted by molar-refractivity contribution is 7.92. The molecule has 3 amide bonds. The number of methoxy groups -OCH3 is 2. The Balaban J connectivity index is 1.26. The molecule has 3 aliphatic carbocycles. The van der Waals surface area contributed by atoms with Crippen LogP contribution >= 0.6 is 11.6 Å². The van der Waals surface area contributed by atoms with Crippen LogP contribution in [0.15, 0.2) is 52.9 Å². The molecule has 12 heteroatoms. The second-order valence-electron chi connectivity index (χ2n) is 15.1. The number of fused-ring (bicyclic) bond motifs is 4. The largest absolute Gasteiger partial charge is 0.490 e. The molecule has 50 heavy (non-hydrogen) atoms. The Morgan fingerprint density at radius 3 is 2.84 bits per heavy atom. The Bertz CT molecular complexity index is 1780. The number of carbonyl (C=O) groups is 2. The van der Waals surface area contributed by atoms with E-state index in [4.69, 9.17) is 25.8 Å². The lowest BCUT2D eigenvalue weighted by Gasteiger charge is -2.46. The van der Waals surface area contributed by atoms with E-state index in [0.717, 1.165) is 62.3 Å². The zero-order valence-electron chi connectivity index (χ0n) is 29.2. The predicted octanol–water partition coefficient (Wildman–Crippen LogP) is 6.31. The van der Waals surface area contributed by atoms with Gasteiger partial charge in [0, 0.05) is 55.3 Å². The molecule has 0 aromatic heterocycles. The van der Waals surface area contributed by atoms with Crippen molar-refractivity contribution in [3.63, 3.8) is 0 Å². The van der Waals surface area contributed by atoms with E-state index in [1.165, 1.54) is 11.1 Å². The zero-order chi connectivity index (χ0) is 35.0. The van der Waals surface area contributed by atoms with Gasteiger partial charge in [-0.1, -0.05) is 36.7 Å². The van der Waals surface area contributed by atoms with Crippen LogP contribution in [-0.2, 0) is 31.2 Å². The maximum absolute atomic E-state index is 14.4. The van der Waals surface area contributed by atoms with Gasteiger partial charge in [-0.2, -0.15) is 0 Å². The van der Waals surface area contributed by atoms with Crippen LogP contribution < -0.4 is 19.7 Å². The molecule has 0 radical (unpaired) electrons. The molecule has 1 spiro atoms. The average Bonchev–Trinajstić information content (AvgIpc) is 3.82. The fourth-order valence-electron chi connectivity index (χ4n) is 8.53.